The number of carbonyl (C=O) groups excluding carboxylic acids is 1. The lowest BCUT2D eigenvalue weighted by Crippen LogP contribution is -2.49. The van der Waals surface area contributed by atoms with Crippen LogP contribution in [0.25, 0.3) is 21.1 Å². The van der Waals surface area contributed by atoms with Gasteiger partial charge in [0.15, 0.2) is 0 Å². The minimum absolute atomic E-state index is 0.277. The molecular weight excluding hydrogens is 418 g/mol. The van der Waals surface area contributed by atoms with Crippen LogP contribution in [0.3, 0.4) is 0 Å². The Kier molecular flexibility index (Phi) is 6.08. The van der Waals surface area contributed by atoms with Gasteiger partial charge < -0.3 is 14.4 Å². The van der Waals surface area contributed by atoms with Crippen LogP contribution in [0.15, 0.2) is 48.9 Å². The smallest absolute Gasteiger partial charge is 0.222 e. The average molecular weight is 448 g/mol. The van der Waals surface area contributed by atoms with Crippen molar-refractivity contribution in [2.75, 3.05) is 31.1 Å². The zero-order valence-electron chi connectivity index (χ0n) is 18.5. The molecule has 1 aliphatic rings. The number of piperazine rings is 1. The van der Waals surface area contributed by atoms with Gasteiger partial charge in [-0.2, -0.15) is 0 Å². The van der Waals surface area contributed by atoms with Gasteiger partial charge in [-0.05, 0) is 42.8 Å². The van der Waals surface area contributed by atoms with E-state index in [1.165, 1.54) is 15.8 Å². The Morgan fingerprint density at radius 2 is 1.91 bits per heavy atom. The summed E-state index contributed by atoms with van der Waals surface area (Å²) in [4.78, 5) is 28.5. The van der Waals surface area contributed by atoms with Gasteiger partial charge >= 0.3 is 0 Å². The number of anilines is 1. The molecule has 1 fully saturated rings. The fourth-order valence-corrected chi connectivity index (χ4v) is 5.47. The molecule has 0 spiro atoms. The summed E-state index contributed by atoms with van der Waals surface area (Å²) in [6.07, 6.45) is 7.39. The SMILES string of the molecule is CCc1cc2c(N3CCN(C(=O)CCCCn4ccc5ccccc54)CC3)ncnc2s1. The van der Waals surface area contributed by atoms with Gasteiger partial charge in [-0.25, -0.2) is 9.97 Å². The number of carbonyl (C=O) groups is 1. The van der Waals surface area contributed by atoms with Gasteiger partial charge in [-0.3, -0.25) is 4.79 Å². The average Bonchev–Trinajstić information content (AvgIpc) is 3.45. The molecule has 0 N–H and O–H groups in total. The highest BCUT2D eigenvalue weighted by Gasteiger charge is 2.23. The van der Waals surface area contributed by atoms with Gasteiger partial charge in [0.1, 0.15) is 17.0 Å². The highest BCUT2D eigenvalue weighted by atomic mass is 32.1. The molecule has 0 aliphatic carbocycles. The van der Waals surface area contributed by atoms with Crippen molar-refractivity contribution in [2.24, 2.45) is 0 Å². The predicted molar refractivity (Wildman–Crippen MR) is 131 cm³/mol. The first kappa shape index (κ1) is 20.9. The van der Waals surface area contributed by atoms with Crippen LogP contribution in [0, 0.1) is 0 Å². The topological polar surface area (TPSA) is 54.3 Å². The molecule has 7 heteroatoms. The highest BCUT2D eigenvalue weighted by Crippen LogP contribution is 2.31. The molecule has 3 aromatic heterocycles. The molecular formula is C25H29N5OS. The van der Waals surface area contributed by atoms with Gasteiger partial charge in [-0.1, -0.05) is 25.1 Å². The monoisotopic (exact) mass is 447 g/mol. The van der Waals surface area contributed by atoms with Crippen LogP contribution in [-0.2, 0) is 17.8 Å². The molecule has 1 saturated heterocycles. The lowest BCUT2D eigenvalue weighted by atomic mass is 10.2. The van der Waals surface area contributed by atoms with Crippen molar-refractivity contribution in [1.82, 2.24) is 19.4 Å². The molecule has 1 amide bonds. The third kappa shape index (κ3) is 4.21. The molecule has 0 atom stereocenters. The van der Waals surface area contributed by atoms with Crippen molar-refractivity contribution >= 4 is 44.2 Å². The number of rotatable bonds is 7. The largest absolute Gasteiger partial charge is 0.352 e. The van der Waals surface area contributed by atoms with Crippen molar-refractivity contribution in [3.63, 3.8) is 0 Å². The summed E-state index contributed by atoms with van der Waals surface area (Å²) < 4.78 is 2.29. The van der Waals surface area contributed by atoms with Crippen LogP contribution in [0.4, 0.5) is 5.82 Å². The van der Waals surface area contributed by atoms with Gasteiger partial charge in [0.25, 0.3) is 0 Å². The zero-order chi connectivity index (χ0) is 21.9. The Bertz CT molecular complexity index is 1220. The first-order valence-electron chi connectivity index (χ1n) is 11.5. The van der Waals surface area contributed by atoms with E-state index in [2.05, 4.69) is 69.0 Å². The third-order valence-corrected chi connectivity index (χ3v) is 7.55. The zero-order valence-corrected chi connectivity index (χ0v) is 19.4. The first-order chi connectivity index (χ1) is 15.7. The predicted octanol–water partition coefficient (Wildman–Crippen LogP) is 4.73. The maximum absolute atomic E-state index is 12.7. The fraction of sp³-hybridized carbons (Fsp3) is 0.400. The van der Waals surface area contributed by atoms with E-state index in [9.17, 15) is 4.79 Å². The molecule has 0 unspecified atom stereocenters. The van der Waals surface area contributed by atoms with Crippen LogP contribution in [0.1, 0.15) is 31.1 Å². The number of benzene rings is 1. The number of hydrogen-bond acceptors (Lipinski definition) is 5. The van der Waals surface area contributed by atoms with Crippen molar-refractivity contribution in [1.29, 1.82) is 0 Å². The van der Waals surface area contributed by atoms with Crippen LogP contribution >= 0.6 is 11.3 Å². The van der Waals surface area contributed by atoms with Gasteiger partial charge in [-0.15, -0.1) is 11.3 Å². The first-order valence-corrected chi connectivity index (χ1v) is 12.3. The van der Waals surface area contributed by atoms with Gasteiger partial charge in [0.05, 0.1) is 5.39 Å². The van der Waals surface area contributed by atoms with E-state index < -0.39 is 0 Å². The van der Waals surface area contributed by atoms with E-state index in [1.807, 2.05) is 4.90 Å². The molecule has 4 heterocycles. The van der Waals surface area contributed by atoms with E-state index in [4.69, 9.17) is 0 Å². The molecule has 4 aromatic rings. The Morgan fingerprint density at radius 1 is 1.06 bits per heavy atom. The molecule has 5 rings (SSSR count). The lowest BCUT2D eigenvalue weighted by molar-refractivity contribution is -0.131. The standard InChI is InChI=1S/C25H29N5OS/c1-2-20-17-21-24(26-18-27-25(21)32-20)30-15-13-29(14-16-30)23(31)9-5-6-11-28-12-10-19-7-3-4-8-22(19)28/h3-4,7-8,10,12,17-18H,2,5-6,9,11,13-16H2,1H3. The second-order valence-electron chi connectivity index (χ2n) is 8.38. The van der Waals surface area contributed by atoms with Gasteiger partial charge in [0.2, 0.25) is 5.91 Å². The summed E-state index contributed by atoms with van der Waals surface area (Å²) in [6, 6.07) is 12.8. The summed E-state index contributed by atoms with van der Waals surface area (Å²) in [6.45, 7) is 6.30. The fourth-order valence-electron chi connectivity index (χ4n) is 4.54. The summed E-state index contributed by atoms with van der Waals surface area (Å²) in [5.41, 5.74) is 1.27. The summed E-state index contributed by atoms with van der Waals surface area (Å²) in [7, 11) is 0. The van der Waals surface area contributed by atoms with E-state index in [0.717, 1.165) is 68.0 Å². The molecule has 6 nitrogen and oxygen atoms in total. The Hall–Kier alpha value is -2.93. The third-order valence-electron chi connectivity index (χ3n) is 6.36. The van der Waals surface area contributed by atoms with Crippen molar-refractivity contribution < 1.29 is 4.79 Å². The minimum Gasteiger partial charge on any atom is -0.352 e. The Balaban J connectivity index is 1.11. The molecule has 1 aromatic carbocycles. The molecule has 1 aliphatic heterocycles. The van der Waals surface area contributed by atoms with Gasteiger partial charge in [0, 0.05) is 55.7 Å². The lowest BCUT2D eigenvalue weighted by Gasteiger charge is -2.35. The number of fused-ring (bicyclic) bond motifs is 2. The maximum Gasteiger partial charge on any atom is 0.222 e. The number of nitrogens with zero attached hydrogens (tertiary/aromatic N) is 5. The number of hydrogen-bond donors (Lipinski definition) is 0. The number of para-hydroxylation sites is 1. The van der Waals surface area contributed by atoms with Crippen LogP contribution in [0.2, 0.25) is 0 Å². The maximum atomic E-state index is 12.7. The number of amides is 1. The molecule has 0 saturated carbocycles. The van der Waals surface area contributed by atoms with E-state index in [1.54, 1.807) is 17.7 Å². The van der Waals surface area contributed by atoms with Crippen molar-refractivity contribution in [2.45, 2.75) is 39.2 Å². The van der Waals surface area contributed by atoms with Crippen molar-refractivity contribution in [3.8, 4) is 0 Å². The Labute approximate surface area is 192 Å². The summed E-state index contributed by atoms with van der Waals surface area (Å²) >= 11 is 1.75. The molecule has 0 radical (unpaired) electrons. The highest BCUT2D eigenvalue weighted by molar-refractivity contribution is 7.18. The van der Waals surface area contributed by atoms with Crippen LogP contribution in [0.5, 0.6) is 0 Å². The summed E-state index contributed by atoms with van der Waals surface area (Å²) in [5.74, 6) is 1.29. The number of unbranched alkanes of at least 4 members (excludes halogenated alkanes) is 1. The number of aromatic nitrogens is 3. The van der Waals surface area contributed by atoms with Crippen LogP contribution in [-0.4, -0.2) is 51.5 Å². The molecule has 0 bridgehead atoms. The second kappa shape index (κ2) is 9.28. The number of aryl methyl sites for hydroxylation is 2. The molecule has 32 heavy (non-hydrogen) atoms. The van der Waals surface area contributed by atoms with E-state index in [-0.39, 0.29) is 5.91 Å². The summed E-state index contributed by atoms with van der Waals surface area (Å²) in [5, 5.41) is 2.42. The quantitative estimate of drug-likeness (QED) is 0.385. The van der Waals surface area contributed by atoms with E-state index >= 15 is 0 Å². The number of thiophene rings is 1. The molecule has 166 valence electrons. The van der Waals surface area contributed by atoms with Crippen molar-refractivity contribution in [3.05, 3.63) is 53.8 Å². The Morgan fingerprint density at radius 3 is 2.75 bits per heavy atom. The normalized spacial score (nSPS) is 14.5. The second-order valence-corrected chi connectivity index (χ2v) is 9.49. The van der Waals surface area contributed by atoms with Crippen LogP contribution < -0.4 is 4.90 Å². The van der Waals surface area contributed by atoms with E-state index in [0.29, 0.717) is 6.42 Å². The minimum atomic E-state index is 0.277.